The van der Waals surface area contributed by atoms with E-state index >= 15 is 0 Å². The summed E-state index contributed by atoms with van der Waals surface area (Å²) < 4.78 is 0. The van der Waals surface area contributed by atoms with Gasteiger partial charge in [-0.05, 0) is 29.0 Å². The summed E-state index contributed by atoms with van der Waals surface area (Å²) >= 11 is 3.30. The third kappa shape index (κ3) is 1.60. The molecule has 5 heteroatoms. The molecule has 0 saturated heterocycles. The van der Waals surface area contributed by atoms with Crippen LogP contribution >= 0.6 is 22.7 Å². The van der Waals surface area contributed by atoms with Gasteiger partial charge in [-0.2, -0.15) is 5.10 Å². The summed E-state index contributed by atoms with van der Waals surface area (Å²) in [7, 11) is 0. The van der Waals surface area contributed by atoms with Gasteiger partial charge in [0.1, 0.15) is 10.7 Å². The molecule has 0 atom stereocenters. The van der Waals surface area contributed by atoms with Crippen molar-refractivity contribution in [2.45, 2.75) is 0 Å². The highest BCUT2D eigenvalue weighted by molar-refractivity contribution is 7.13. The summed E-state index contributed by atoms with van der Waals surface area (Å²) in [5.41, 5.74) is 0.929. The molecule has 0 fully saturated rings. The van der Waals surface area contributed by atoms with Crippen LogP contribution in [-0.4, -0.2) is 15.0 Å². The Labute approximate surface area is 94.6 Å². The van der Waals surface area contributed by atoms with Crippen molar-refractivity contribution in [2.75, 3.05) is 0 Å². The lowest BCUT2D eigenvalue weighted by Crippen LogP contribution is -1.94. The molecule has 3 heterocycles. The molecule has 3 nitrogen and oxygen atoms in total. The van der Waals surface area contributed by atoms with Gasteiger partial charge in [0, 0.05) is 0 Å². The second-order valence-corrected chi connectivity index (χ2v) is 4.82. The van der Waals surface area contributed by atoms with Gasteiger partial charge >= 0.3 is 0 Å². The van der Waals surface area contributed by atoms with Crippen LogP contribution in [0.2, 0.25) is 0 Å². The van der Waals surface area contributed by atoms with Crippen molar-refractivity contribution in [3.8, 4) is 15.6 Å². The third-order valence-corrected chi connectivity index (χ3v) is 3.70. The van der Waals surface area contributed by atoms with Gasteiger partial charge in [0.25, 0.3) is 0 Å². The van der Waals surface area contributed by atoms with Crippen LogP contribution in [0.1, 0.15) is 0 Å². The highest BCUT2D eigenvalue weighted by atomic mass is 32.1. The Hall–Kier alpha value is -1.46. The largest absolute Gasteiger partial charge is 0.155 e. The van der Waals surface area contributed by atoms with E-state index in [1.54, 1.807) is 33.7 Å². The van der Waals surface area contributed by atoms with Crippen molar-refractivity contribution in [3.63, 3.8) is 0 Å². The molecule has 3 rings (SSSR count). The Morgan fingerprint density at radius 3 is 2.67 bits per heavy atom. The quantitative estimate of drug-likeness (QED) is 0.681. The Bertz CT molecular complexity index is 488. The van der Waals surface area contributed by atoms with Gasteiger partial charge in [0.05, 0.1) is 11.1 Å². The molecule has 0 spiro atoms. The minimum atomic E-state index is 0.929. The molecule has 0 aliphatic rings. The fourth-order valence-corrected chi connectivity index (χ4v) is 2.60. The van der Waals surface area contributed by atoms with Gasteiger partial charge in [-0.3, -0.25) is 0 Å². The average molecular weight is 233 g/mol. The molecule has 0 radical (unpaired) electrons. The molecule has 0 unspecified atom stereocenters. The average Bonchev–Trinajstić information content (AvgIpc) is 3.02. The fraction of sp³-hybridized carbons (Fsp3) is 0. The second-order valence-electron chi connectivity index (χ2n) is 2.95. The lowest BCUT2D eigenvalue weighted by molar-refractivity contribution is 0.767. The summed E-state index contributed by atoms with van der Waals surface area (Å²) in [5.74, 6) is 0. The molecule has 15 heavy (non-hydrogen) atoms. The minimum Gasteiger partial charge on any atom is -0.155 e. The first-order valence-electron chi connectivity index (χ1n) is 4.43. The number of thiophene rings is 2. The van der Waals surface area contributed by atoms with Crippen molar-refractivity contribution >= 4 is 22.7 Å². The van der Waals surface area contributed by atoms with Crippen LogP contribution in [-0.2, 0) is 0 Å². The molecule has 3 aromatic heterocycles. The van der Waals surface area contributed by atoms with Crippen LogP contribution in [0.25, 0.3) is 15.6 Å². The Kier molecular flexibility index (Phi) is 2.12. The number of aromatic nitrogens is 3. The number of hydrogen-bond donors (Lipinski definition) is 0. The van der Waals surface area contributed by atoms with Crippen LogP contribution in [0.15, 0.2) is 41.2 Å². The number of rotatable bonds is 2. The maximum atomic E-state index is 4.42. The highest BCUT2D eigenvalue weighted by Gasteiger charge is 2.05. The van der Waals surface area contributed by atoms with Crippen molar-refractivity contribution < 1.29 is 0 Å². The zero-order valence-electron chi connectivity index (χ0n) is 7.70. The van der Waals surface area contributed by atoms with E-state index in [1.165, 1.54) is 0 Å². The van der Waals surface area contributed by atoms with E-state index in [4.69, 9.17) is 0 Å². The van der Waals surface area contributed by atoms with Crippen LogP contribution < -0.4 is 0 Å². The molecule has 0 bridgehead atoms. The van der Waals surface area contributed by atoms with Gasteiger partial charge in [-0.25, -0.2) is 0 Å². The van der Waals surface area contributed by atoms with E-state index in [0.29, 0.717) is 0 Å². The summed E-state index contributed by atoms with van der Waals surface area (Å²) in [5, 5.41) is 13.8. The van der Waals surface area contributed by atoms with Crippen molar-refractivity contribution in [2.24, 2.45) is 0 Å². The zero-order chi connectivity index (χ0) is 10.1. The number of nitrogens with zero attached hydrogens (tertiary/aromatic N) is 3. The first-order chi connectivity index (χ1) is 7.43. The van der Waals surface area contributed by atoms with Crippen molar-refractivity contribution in [3.05, 3.63) is 41.2 Å². The summed E-state index contributed by atoms with van der Waals surface area (Å²) in [6.45, 7) is 0. The van der Waals surface area contributed by atoms with E-state index < -0.39 is 0 Å². The van der Waals surface area contributed by atoms with E-state index in [2.05, 4.69) is 10.2 Å². The normalized spacial score (nSPS) is 10.7. The molecular formula is C10H7N3S2. The summed E-state index contributed by atoms with van der Waals surface area (Å²) in [6.07, 6.45) is 1.80. The molecule has 74 valence electrons. The monoisotopic (exact) mass is 233 g/mol. The lowest BCUT2D eigenvalue weighted by Gasteiger charge is -1.91. The van der Waals surface area contributed by atoms with Crippen LogP contribution in [0.5, 0.6) is 0 Å². The first-order valence-corrected chi connectivity index (χ1v) is 6.19. The first kappa shape index (κ1) is 8.82. The highest BCUT2D eigenvalue weighted by Crippen LogP contribution is 2.22. The van der Waals surface area contributed by atoms with E-state index in [-0.39, 0.29) is 0 Å². The van der Waals surface area contributed by atoms with Crippen LogP contribution in [0.4, 0.5) is 0 Å². The summed E-state index contributed by atoms with van der Waals surface area (Å²) in [4.78, 5) is 2.82. The minimum absolute atomic E-state index is 0.929. The van der Waals surface area contributed by atoms with Gasteiger partial charge in [0.2, 0.25) is 0 Å². The van der Waals surface area contributed by atoms with Gasteiger partial charge < -0.3 is 0 Å². The van der Waals surface area contributed by atoms with Crippen LogP contribution in [0.3, 0.4) is 0 Å². The van der Waals surface area contributed by atoms with Gasteiger partial charge in [-0.15, -0.1) is 32.6 Å². The third-order valence-electron chi connectivity index (χ3n) is 1.97. The Morgan fingerprint density at radius 2 is 1.93 bits per heavy atom. The second kappa shape index (κ2) is 3.60. The van der Waals surface area contributed by atoms with E-state index in [0.717, 1.165) is 15.6 Å². The molecule has 0 aliphatic carbocycles. The molecular weight excluding hydrogens is 226 g/mol. The predicted octanol–water partition coefficient (Wildman–Crippen LogP) is 3.06. The molecule has 3 aromatic rings. The molecule has 0 saturated carbocycles. The van der Waals surface area contributed by atoms with Crippen LogP contribution in [0, 0.1) is 0 Å². The lowest BCUT2D eigenvalue weighted by atomic mass is 10.4. The van der Waals surface area contributed by atoms with Crippen molar-refractivity contribution in [1.82, 2.24) is 15.0 Å². The van der Waals surface area contributed by atoms with Gasteiger partial charge in [0.15, 0.2) is 0 Å². The Balaban J connectivity index is 2.02. The van der Waals surface area contributed by atoms with E-state index in [1.807, 2.05) is 35.0 Å². The Morgan fingerprint density at radius 1 is 1.07 bits per heavy atom. The molecule has 0 aromatic carbocycles. The maximum Gasteiger partial charge on any atom is 0.138 e. The zero-order valence-corrected chi connectivity index (χ0v) is 9.33. The summed E-state index contributed by atoms with van der Waals surface area (Å²) in [6, 6.07) is 8.06. The smallest absolute Gasteiger partial charge is 0.138 e. The molecule has 0 N–H and O–H groups in total. The molecule has 0 aliphatic heterocycles. The van der Waals surface area contributed by atoms with Crippen molar-refractivity contribution in [1.29, 1.82) is 0 Å². The number of hydrogen-bond acceptors (Lipinski definition) is 4. The standard InChI is InChI=1S/C10H7N3S2/c1-3-9(14-5-1)8-7-11-13(12-8)10-4-2-6-15-10/h1-7H. The fourth-order valence-electron chi connectivity index (χ4n) is 1.29. The van der Waals surface area contributed by atoms with Gasteiger partial charge in [-0.1, -0.05) is 6.07 Å². The predicted molar refractivity (Wildman–Crippen MR) is 62.5 cm³/mol. The SMILES string of the molecule is c1csc(-c2cnn(-c3cccs3)n2)c1. The maximum absolute atomic E-state index is 4.42. The topological polar surface area (TPSA) is 30.7 Å². The molecule has 0 amide bonds. The van der Waals surface area contributed by atoms with E-state index in [9.17, 15) is 0 Å².